The number of carbonyl (C=O) groups excluding carboxylic acids is 1. The van der Waals surface area contributed by atoms with Crippen LogP contribution < -0.4 is 5.32 Å². The van der Waals surface area contributed by atoms with Crippen molar-refractivity contribution in [2.45, 2.75) is 13.0 Å². The molecule has 0 atom stereocenters. The van der Waals surface area contributed by atoms with Gasteiger partial charge in [0.15, 0.2) is 0 Å². The highest BCUT2D eigenvalue weighted by atomic mass is 19.1. The van der Waals surface area contributed by atoms with Gasteiger partial charge in [0.05, 0.1) is 0 Å². The third-order valence-electron chi connectivity index (χ3n) is 3.64. The van der Waals surface area contributed by atoms with Gasteiger partial charge in [0.25, 0.3) is 5.91 Å². The molecule has 6 heteroatoms. The summed E-state index contributed by atoms with van der Waals surface area (Å²) in [5, 5.41) is 6.92. The first kappa shape index (κ1) is 15.9. The molecule has 3 aromatic rings. The molecule has 0 spiro atoms. The quantitative estimate of drug-likeness (QED) is 0.709. The van der Waals surface area contributed by atoms with Crippen molar-refractivity contribution in [2.24, 2.45) is 0 Å². The largest absolute Gasteiger partial charge is 0.352 e. The molecule has 122 valence electrons. The van der Waals surface area contributed by atoms with E-state index in [0.717, 1.165) is 17.5 Å². The molecule has 1 aromatic heterocycles. The third kappa shape index (κ3) is 3.84. The summed E-state index contributed by atoms with van der Waals surface area (Å²) in [7, 11) is 0. The van der Waals surface area contributed by atoms with E-state index in [2.05, 4.69) is 15.4 Å². The van der Waals surface area contributed by atoms with Crippen LogP contribution in [0.2, 0.25) is 0 Å². The van der Waals surface area contributed by atoms with E-state index in [1.165, 1.54) is 18.5 Å². The molecular formula is C18H17FN4O. The lowest BCUT2D eigenvalue weighted by molar-refractivity contribution is 0.0953. The van der Waals surface area contributed by atoms with Crippen LogP contribution in [0.25, 0.3) is 11.1 Å². The number of hydrogen-bond acceptors (Lipinski definition) is 3. The minimum atomic E-state index is -0.297. The number of benzene rings is 2. The van der Waals surface area contributed by atoms with E-state index in [9.17, 15) is 9.18 Å². The molecule has 0 fully saturated rings. The van der Waals surface area contributed by atoms with Crippen LogP contribution in [0.1, 0.15) is 16.8 Å². The van der Waals surface area contributed by atoms with E-state index in [1.807, 2.05) is 18.2 Å². The number of carbonyl (C=O) groups is 1. The van der Waals surface area contributed by atoms with Gasteiger partial charge in [-0.1, -0.05) is 30.3 Å². The van der Waals surface area contributed by atoms with Crippen molar-refractivity contribution in [1.82, 2.24) is 20.1 Å². The van der Waals surface area contributed by atoms with Gasteiger partial charge in [0.1, 0.15) is 18.5 Å². The predicted octanol–water partition coefficient (Wildman–Crippen LogP) is 2.90. The average molecular weight is 324 g/mol. The third-order valence-corrected chi connectivity index (χ3v) is 3.64. The Kier molecular flexibility index (Phi) is 4.96. The Hall–Kier alpha value is -3.02. The number of halogens is 1. The maximum absolute atomic E-state index is 13.1. The van der Waals surface area contributed by atoms with E-state index in [0.29, 0.717) is 18.7 Å². The van der Waals surface area contributed by atoms with Gasteiger partial charge in [0, 0.05) is 18.7 Å². The summed E-state index contributed by atoms with van der Waals surface area (Å²) in [6.07, 6.45) is 3.89. The molecule has 0 aliphatic rings. The maximum Gasteiger partial charge on any atom is 0.251 e. The zero-order chi connectivity index (χ0) is 16.8. The lowest BCUT2D eigenvalue weighted by Crippen LogP contribution is -2.25. The molecule has 0 radical (unpaired) electrons. The van der Waals surface area contributed by atoms with Crippen molar-refractivity contribution >= 4 is 5.91 Å². The Labute approximate surface area is 139 Å². The van der Waals surface area contributed by atoms with Gasteiger partial charge in [-0.25, -0.2) is 9.37 Å². The molecule has 24 heavy (non-hydrogen) atoms. The second-order valence-corrected chi connectivity index (χ2v) is 5.32. The van der Waals surface area contributed by atoms with Crippen LogP contribution in [0, 0.1) is 5.82 Å². The van der Waals surface area contributed by atoms with Gasteiger partial charge in [0.2, 0.25) is 0 Å². The molecule has 0 aliphatic carbocycles. The van der Waals surface area contributed by atoms with Crippen LogP contribution >= 0.6 is 0 Å². The molecule has 1 heterocycles. The Balaban J connectivity index is 1.65. The molecule has 3 rings (SSSR count). The first-order chi connectivity index (χ1) is 11.7. The Morgan fingerprint density at radius 3 is 2.67 bits per heavy atom. The van der Waals surface area contributed by atoms with E-state index < -0.39 is 0 Å². The highest BCUT2D eigenvalue weighted by Gasteiger charge is 2.11. The normalized spacial score (nSPS) is 10.5. The molecule has 2 aromatic carbocycles. The highest BCUT2D eigenvalue weighted by Crippen LogP contribution is 2.23. The van der Waals surface area contributed by atoms with Crippen LogP contribution in [0.15, 0.2) is 61.2 Å². The number of aryl methyl sites for hydroxylation is 1. The van der Waals surface area contributed by atoms with Crippen LogP contribution in [-0.2, 0) is 6.54 Å². The van der Waals surface area contributed by atoms with Gasteiger partial charge in [-0.3, -0.25) is 9.48 Å². The van der Waals surface area contributed by atoms with E-state index >= 15 is 0 Å². The van der Waals surface area contributed by atoms with E-state index in [1.54, 1.807) is 29.2 Å². The fourth-order valence-corrected chi connectivity index (χ4v) is 2.45. The molecule has 0 aliphatic heterocycles. The predicted molar refractivity (Wildman–Crippen MR) is 88.8 cm³/mol. The number of amides is 1. The number of nitrogens with zero attached hydrogens (tertiary/aromatic N) is 3. The molecule has 5 nitrogen and oxygen atoms in total. The fraction of sp³-hybridized carbons (Fsp3) is 0.167. The second-order valence-electron chi connectivity index (χ2n) is 5.32. The fourth-order valence-electron chi connectivity index (χ4n) is 2.45. The summed E-state index contributed by atoms with van der Waals surface area (Å²) in [4.78, 5) is 16.3. The number of hydrogen-bond donors (Lipinski definition) is 1. The standard InChI is InChI=1S/C18H17FN4O/c19-15-8-6-14(7-9-15)16-4-1-2-5-17(16)18(24)21-10-3-11-23-13-20-12-22-23/h1-2,4-9,12-13H,3,10-11H2,(H,21,24). The summed E-state index contributed by atoms with van der Waals surface area (Å²) in [5.41, 5.74) is 2.17. The Bertz CT molecular complexity index is 800. The summed E-state index contributed by atoms with van der Waals surface area (Å²) >= 11 is 0. The average Bonchev–Trinajstić information content (AvgIpc) is 3.13. The molecule has 1 N–H and O–H groups in total. The van der Waals surface area contributed by atoms with Crippen molar-refractivity contribution in [3.05, 3.63) is 72.6 Å². The maximum atomic E-state index is 13.1. The summed E-state index contributed by atoms with van der Waals surface area (Å²) < 4.78 is 14.8. The smallest absolute Gasteiger partial charge is 0.251 e. The highest BCUT2D eigenvalue weighted by molar-refractivity contribution is 6.00. The molecule has 0 saturated carbocycles. The van der Waals surface area contributed by atoms with Crippen LogP contribution in [0.3, 0.4) is 0 Å². The van der Waals surface area contributed by atoms with Gasteiger partial charge in [-0.15, -0.1) is 0 Å². The van der Waals surface area contributed by atoms with Crippen LogP contribution in [-0.4, -0.2) is 27.2 Å². The summed E-state index contributed by atoms with van der Waals surface area (Å²) in [6, 6.07) is 13.4. The Morgan fingerprint density at radius 1 is 1.12 bits per heavy atom. The Morgan fingerprint density at radius 2 is 1.92 bits per heavy atom. The van der Waals surface area contributed by atoms with Gasteiger partial charge in [-0.05, 0) is 35.7 Å². The molecular weight excluding hydrogens is 307 g/mol. The number of aromatic nitrogens is 3. The van der Waals surface area contributed by atoms with Crippen molar-refractivity contribution in [1.29, 1.82) is 0 Å². The first-order valence-corrected chi connectivity index (χ1v) is 7.69. The molecule has 1 amide bonds. The van der Waals surface area contributed by atoms with E-state index in [4.69, 9.17) is 0 Å². The summed E-state index contributed by atoms with van der Waals surface area (Å²) in [5.74, 6) is -0.442. The van der Waals surface area contributed by atoms with Crippen LogP contribution in [0.5, 0.6) is 0 Å². The lowest BCUT2D eigenvalue weighted by atomic mass is 9.99. The zero-order valence-corrected chi connectivity index (χ0v) is 13.0. The second kappa shape index (κ2) is 7.50. The van der Waals surface area contributed by atoms with Crippen LogP contribution in [0.4, 0.5) is 4.39 Å². The monoisotopic (exact) mass is 324 g/mol. The molecule has 0 bridgehead atoms. The van der Waals surface area contributed by atoms with Gasteiger partial charge < -0.3 is 5.32 Å². The molecule has 0 unspecified atom stereocenters. The number of nitrogens with one attached hydrogen (secondary N) is 1. The lowest BCUT2D eigenvalue weighted by Gasteiger charge is -2.10. The zero-order valence-electron chi connectivity index (χ0n) is 13.0. The minimum Gasteiger partial charge on any atom is -0.352 e. The van der Waals surface area contributed by atoms with Gasteiger partial charge >= 0.3 is 0 Å². The van der Waals surface area contributed by atoms with Gasteiger partial charge in [-0.2, -0.15) is 5.10 Å². The van der Waals surface area contributed by atoms with Crippen molar-refractivity contribution < 1.29 is 9.18 Å². The minimum absolute atomic E-state index is 0.145. The first-order valence-electron chi connectivity index (χ1n) is 7.69. The number of rotatable bonds is 6. The summed E-state index contributed by atoms with van der Waals surface area (Å²) in [6.45, 7) is 1.23. The topological polar surface area (TPSA) is 59.8 Å². The van der Waals surface area contributed by atoms with Crippen molar-refractivity contribution in [3.8, 4) is 11.1 Å². The van der Waals surface area contributed by atoms with E-state index in [-0.39, 0.29) is 11.7 Å². The van der Waals surface area contributed by atoms with Crippen molar-refractivity contribution in [3.63, 3.8) is 0 Å². The molecule has 0 saturated heterocycles. The SMILES string of the molecule is O=C(NCCCn1cncn1)c1ccccc1-c1ccc(F)cc1. The van der Waals surface area contributed by atoms with Crippen molar-refractivity contribution in [2.75, 3.05) is 6.54 Å².